The molecule has 0 bridgehead atoms. The monoisotopic (exact) mass is 440 g/mol. The van der Waals surface area contributed by atoms with E-state index in [9.17, 15) is 9.59 Å². The molecule has 0 aliphatic heterocycles. The predicted molar refractivity (Wildman–Crippen MR) is 129 cm³/mol. The van der Waals surface area contributed by atoms with Crippen LogP contribution < -0.4 is 10.6 Å². The number of anilines is 2. The fraction of sp³-hybridized carbons (Fsp3) is 0.154. The van der Waals surface area contributed by atoms with Gasteiger partial charge >= 0.3 is 6.09 Å². The Morgan fingerprint density at radius 2 is 1.48 bits per heavy atom. The van der Waals surface area contributed by atoms with E-state index >= 15 is 0 Å². The van der Waals surface area contributed by atoms with E-state index in [4.69, 9.17) is 9.72 Å². The Morgan fingerprint density at radius 3 is 2.15 bits per heavy atom. The van der Waals surface area contributed by atoms with Crippen LogP contribution in [0, 0.1) is 0 Å². The molecule has 33 heavy (non-hydrogen) atoms. The molecule has 2 aromatic carbocycles. The molecular weight excluding hydrogens is 416 g/mol. The first kappa shape index (κ1) is 22.0. The first-order valence-electron chi connectivity index (χ1n) is 10.5. The van der Waals surface area contributed by atoms with E-state index in [0.717, 1.165) is 16.5 Å². The molecule has 0 aliphatic rings. The van der Waals surface area contributed by atoms with Gasteiger partial charge in [0.1, 0.15) is 5.60 Å². The highest BCUT2D eigenvalue weighted by Crippen LogP contribution is 2.25. The lowest BCUT2D eigenvalue weighted by Gasteiger charge is -2.19. The molecule has 0 fully saturated rings. The molecular formula is C26H24N4O3. The van der Waals surface area contributed by atoms with Gasteiger partial charge in [0.25, 0.3) is 5.91 Å². The SMILES string of the molecule is CC(C)(C)OC(=O)Nc1ccc(NC(=O)c2cc(-c3ccncc3)nc3ccccc23)cc1. The van der Waals surface area contributed by atoms with Gasteiger partial charge in [0.05, 0.1) is 16.8 Å². The predicted octanol–water partition coefficient (Wildman–Crippen LogP) is 5.90. The Labute approximate surface area is 191 Å². The van der Waals surface area contributed by atoms with Crippen molar-refractivity contribution in [1.82, 2.24) is 9.97 Å². The summed E-state index contributed by atoms with van der Waals surface area (Å²) in [4.78, 5) is 33.9. The molecule has 2 amide bonds. The first-order valence-corrected chi connectivity index (χ1v) is 10.5. The summed E-state index contributed by atoms with van der Waals surface area (Å²) in [5, 5.41) is 6.36. The Hall–Kier alpha value is -4.26. The number of para-hydroxylation sites is 1. The number of nitrogens with one attached hydrogen (secondary N) is 2. The van der Waals surface area contributed by atoms with Gasteiger partial charge in [-0.3, -0.25) is 15.1 Å². The maximum Gasteiger partial charge on any atom is 0.412 e. The van der Waals surface area contributed by atoms with Gasteiger partial charge in [-0.25, -0.2) is 9.78 Å². The van der Waals surface area contributed by atoms with E-state index in [1.807, 2.05) is 36.4 Å². The van der Waals surface area contributed by atoms with Crippen molar-refractivity contribution in [2.24, 2.45) is 0 Å². The molecule has 4 aromatic rings. The Balaban J connectivity index is 1.56. The number of pyridine rings is 2. The number of nitrogens with zero attached hydrogens (tertiary/aromatic N) is 2. The van der Waals surface area contributed by atoms with Gasteiger partial charge in [-0.1, -0.05) is 18.2 Å². The van der Waals surface area contributed by atoms with E-state index in [-0.39, 0.29) is 5.91 Å². The van der Waals surface area contributed by atoms with Crippen LogP contribution in [0.3, 0.4) is 0 Å². The summed E-state index contributed by atoms with van der Waals surface area (Å²) in [5.41, 5.74) is 3.40. The molecule has 2 N–H and O–H groups in total. The van der Waals surface area contributed by atoms with Gasteiger partial charge in [0.2, 0.25) is 0 Å². The Morgan fingerprint density at radius 1 is 0.848 bits per heavy atom. The fourth-order valence-corrected chi connectivity index (χ4v) is 3.29. The molecule has 0 unspecified atom stereocenters. The van der Waals surface area contributed by atoms with E-state index in [0.29, 0.717) is 22.6 Å². The normalized spacial score (nSPS) is 11.1. The highest BCUT2D eigenvalue weighted by atomic mass is 16.6. The lowest BCUT2D eigenvalue weighted by atomic mass is 10.0. The van der Waals surface area contributed by atoms with Crippen LogP contribution in [0.4, 0.5) is 16.2 Å². The topological polar surface area (TPSA) is 93.2 Å². The quantitative estimate of drug-likeness (QED) is 0.412. The van der Waals surface area contributed by atoms with E-state index < -0.39 is 11.7 Å². The maximum absolute atomic E-state index is 13.2. The third kappa shape index (κ3) is 5.51. The highest BCUT2D eigenvalue weighted by molar-refractivity contribution is 6.13. The molecule has 7 heteroatoms. The van der Waals surface area contributed by atoms with Crippen LogP contribution in [0.25, 0.3) is 22.2 Å². The van der Waals surface area contributed by atoms with Crippen molar-refractivity contribution >= 4 is 34.3 Å². The number of hydrogen-bond acceptors (Lipinski definition) is 5. The fourth-order valence-electron chi connectivity index (χ4n) is 3.29. The minimum Gasteiger partial charge on any atom is -0.444 e. The Kier molecular flexibility index (Phi) is 6.04. The molecule has 0 spiro atoms. The molecule has 0 saturated carbocycles. The van der Waals surface area contributed by atoms with Gasteiger partial charge < -0.3 is 10.1 Å². The van der Waals surface area contributed by atoms with Gasteiger partial charge in [-0.15, -0.1) is 0 Å². The molecule has 0 aliphatic carbocycles. The zero-order valence-electron chi connectivity index (χ0n) is 18.6. The van der Waals surface area contributed by atoms with Gasteiger partial charge in [-0.2, -0.15) is 0 Å². The third-order valence-corrected chi connectivity index (χ3v) is 4.72. The van der Waals surface area contributed by atoms with Crippen molar-refractivity contribution in [3.05, 3.63) is 84.7 Å². The second-order valence-electron chi connectivity index (χ2n) is 8.47. The molecule has 7 nitrogen and oxygen atoms in total. The molecule has 2 aromatic heterocycles. The van der Waals surface area contributed by atoms with Crippen LogP contribution in [-0.4, -0.2) is 27.6 Å². The van der Waals surface area contributed by atoms with Gasteiger partial charge in [0, 0.05) is 34.7 Å². The van der Waals surface area contributed by atoms with Crippen molar-refractivity contribution in [3.8, 4) is 11.3 Å². The maximum atomic E-state index is 13.2. The number of aromatic nitrogens is 2. The number of amides is 2. The largest absolute Gasteiger partial charge is 0.444 e. The van der Waals surface area contributed by atoms with Crippen LogP contribution in [0.1, 0.15) is 31.1 Å². The molecule has 166 valence electrons. The van der Waals surface area contributed by atoms with Crippen LogP contribution in [-0.2, 0) is 4.74 Å². The van der Waals surface area contributed by atoms with Crippen LogP contribution in [0.15, 0.2) is 79.1 Å². The highest BCUT2D eigenvalue weighted by Gasteiger charge is 2.17. The number of carbonyl (C=O) groups is 2. The Bertz CT molecular complexity index is 1300. The van der Waals surface area contributed by atoms with Crippen molar-refractivity contribution in [2.45, 2.75) is 26.4 Å². The number of carbonyl (C=O) groups excluding carboxylic acids is 2. The molecule has 0 atom stereocenters. The van der Waals surface area contributed by atoms with E-state index in [1.165, 1.54) is 0 Å². The number of ether oxygens (including phenoxy) is 1. The first-order chi connectivity index (χ1) is 15.8. The molecule has 0 saturated heterocycles. The zero-order chi connectivity index (χ0) is 23.4. The summed E-state index contributed by atoms with van der Waals surface area (Å²) in [6, 6.07) is 19.9. The van der Waals surface area contributed by atoms with Crippen LogP contribution >= 0.6 is 0 Å². The van der Waals surface area contributed by atoms with Gasteiger partial charge in [-0.05, 0) is 69.3 Å². The van der Waals surface area contributed by atoms with Crippen molar-refractivity contribution in [3.63, 3.8) is 0 Å². The van der Waals surface area contributed by atoms with Crippen molar-refractivity contribution < 1.29 is 14.3 Å². The summed E-state index contributed by atoms with van der Waals surface area (Å²) in [6.45, 7) is 5.40. The minimum atomic E-state index is -0.583. The van der Waals surface area contributed by atoms with Crippen LogP contribution in [0.2, 0.25) is 0 Å². The average molecular weight is 441 g/mol. The summed E-state index contributed by atoms with van der Waals surface area (Å²) >= 11 is 0. The standard InChI is InChI=1S/C26H24N4O3/c1-26(2,3)33-25(32)29-19-10-8-18(9-11-19)28-24(31)21-16-23(17-12-14-27-15-13-17)30-22-7-5-4-6-20(21)22/h4-16H,1-3H3,(H,28,31)(H,29,32). The third-order valence-electron chi connectivity index (χ3n) is 4.72. The summed E-state index contributed by atoms with van der Waals surface area (Å²) < 4.78 is 5.25. The lowest BCUT2D eigenvalue weighted by Crippen LogP contribution is -2.27. The van der Waals surface area contributed by atoms with Crippen molar-refractivity contribution in [1.29, 1.82) is 0 Å². The molecule has 4 rings (SSSR count). The summed E-state index contributed by atoms with van der Waals surface area (Å²) in [6.07, 6.45) is 2.85. The number of rotatable bonds is 4. The smallest absolute Gasteiger partial charge is 0.412 e. The molecule has 0 radical (unpaired) electrons. The minimum absolute atomic E-state index is 0.253. The van der Waals surface area contributed by atoms with E-state index in [2.05, 4.69) is 15.6 Å². The number of fused-ring (bicyclic) bond motifs is 1. The average Bonchev–Trinajstić information content (AvgIpc) is 2.79. The van der Waals surface area contributed by atoms with Crippen molar-refractivity contribution in [2.75, 3.05) is 10.6 Å². The second-order valence-corrected chi connectivity index (χ2v) is 8.47. The zero-order valence-corrected chi connectivity index (χ0v) is 18.6. The lowest BCUT2D eigenvalue weighted by molar-refractivity contribution is 0.0635. The number of hydrogen-bond donors (Lipinski definition) is 2. The molecule has 2 heterocycles. The summed E-state index contributed by atoms with van der Waals surface area (Å²) in [7, 11) is 0. The van der Waals surface area contributed by atoms with Crippen LogP contribution in [0.5, 0.6) is 0 Å². The summed E-state index contributed by atoms with van der Waals surface area (Å²) in [5.74, 6) is -0.253. The number of benzene rings is 2. The van der Waals surface area contributed by atoms with E-state index in [1.54, 1.807) is 63.5 Å². The van der Waals surface area contributed by atoms with Gasteiger partial charge in [0.15, 0.2) is 0 Å². The second kappa shape index (κ2) is 9.08.